The van der Waals surface area contributed by atoms with Gasteiger partial charge in [0.25, 0.3) is 5.92 Å². The lowest BCUT2D eigenvalue weighted by Gasteiger charge is -2.39. The van der Waals surface area contributed by atoms with Crippen LogP contribution in [0.1, 0.15) is 11.1 Å². The lowest BCUT2D eigenvalue weighted by atomic mass is 10.1. The van der Waals surface area contributed by atoms with Gasteiger partial charge in [0, 0.05) is 56.5 Å². The second-order valence-corrected chi connectivity index (χ2v) is 9.20. The molecule has 8 nitrogen and oxygen atoms in total. The molecule has 2 aliphatic rings. The van der Waals surface area contributed by atoms with Crippen molar-refractivity contribution in [3.05, 3.63) is 59.8 Å². The van der Waals surface area contributed by atoms with Gasteiger partial charge in [-0.3, -0.25) is 4.79 Å². The number of hydrogen-bond donors (Lipinski definition) is 1. The maximum absolute atomic E-state index is 14.3. The fraction of sp³-hybridized carbons (Fsp3) is 0.423. The molecule has 1 amide bonds. The first-order valence-corrected chi connectivity index (χ1v) is 12.0. The number of ether oxygens (including phenoxy) is 2. The highest BCUT2D eigenvalue weighted by Gasteiger charge is 2.33. The van der Waals surface area contributed by atoms with Gasteiger partial charge in [-0.1, -0.05) is 18.2 Å². The molecule has 3 heterocycles. The van der Waals surface area contributed by atoms with Crippen molar-refractivity contribution in [2.24, 2.45) is 5.92 Å². The Morgan fingerprint density at radius 1 is 1.17 bits per heavy atom. The summed E-state index contributed by atoms with van der Waals surface area (Å²) in [7, 11) is 1.26. The summed E-state index contributed by atoms with van der Waals surface area (Å²) in [5.74, 6) is -2.85. The van der Waals surface area contributed by atoms with Crippen LogP contribution in [-0.4, -0.2) is 74.1 Å². The molecule has 0 aliphatic carbocycles. The molecule has 0 atom stereocenters. The van der Waals surface area contributed by atoms with Gasteiger partial charge in [-0.05, 0) is 29.8 Å². The smallest absolute Gasteiger partial charge is 0.296 e. The SMILES string of the molecule is COCC(F)(F)c1cccc(CNc2cnnc3ccc(N4CCN(C(=O)C5COC5)CC4)cc23)c1. The number of hydrogen-bond acceptors (Lipinski definition) is 7. The van der Waals surface area contributed by atoms with E-state index in [0.717, 1.165) is 40.9 Å². The van der Waals surface area contributed by atoms with E-state index in [9.17, 15) is 13.6 Å². The molecule has 1 aromatic heterocycles. The average Bonchev–Trinajstić information content (AvgIpc) is 2.86. The Morgan fingerprint density at radius 3 is 2.69 bits per heavy atom. The molecule has 190 valence electrons. The molecule has 0 unspecified atom stereocenters. The maximum Gasteiger partial charge on any atom is 0.296 e. The van der Waals surface area contributed by atoms with Crippen LogP contribution in [0.2, 0.25) is 0 Å². The molecule has 2 aliphatic heterocycles. The Balaban J connectivity index is 1.28. The van der Waals surface area contributed by atoms with E-state index in [2.05, 4.69) is 31.2 Å². The third-order valence-corrected chi connectivity index (χ3v) is 6.72. The number of nitrogens with zero attached hydrogens (tertiary/aromatic N) is 4. The van der Waals surface area contributed by atoms with Crippen LogP contribution in [-0.2, 0) is 26.7 Å². The number of methoxy groups -OCH3 is 1. The number of aromatic nitrogens is 2. The molecular weight excluding hydrogens is 468 g/mol. The normalized spacial score (nSPS) is 16.8. The van der Waals surface area contributed by atoms with Crippen LogP contribution in [0.4, 0.5) is 20.2 Å². The Bertz CT molecular complexity index is 1230. The van der Waals surface area contributed by atoms with Gasteiger partial charge in [0.15, 0.2) is 0 Å². The quantitative estimate of drug-likeness (QED) is 0.512. The predicted octanol–water partition coefficient (Wildman–Crippen LogP) is 3.28. The van der Waals surface area contributed by atoms with E-state index in [0.29, 0.717) is 32.8 Å². The van der Waals surface area contributed by atoms with Gasteiger partial charge in [0.05, 0.1) is 36.5 Å². The zero-order valence-electron chi connectivity index (χ0n) is 20.1. The van der Waals surface area contributed by atoms with Crippen molar-refractivity contribution in [1.29, 1.82) is 0 Å². The predicted molar refractivity (Wildman–Crippen MR) is 132 cm³/mol. The summed E-state index contributed by atoms with van der Waals surface area (Å²) in [6.07, 6.45) is 1.65. The maximum atomic E-state index is 14.3. The van der Waals surface area contributed by atoms with E-state index in [1.165, 1.54) is 19.2 Å². The van der Waals surface area contributed by atoms with E-state index in [-0.39, 0.29) is 17.4 Å². The van der Waals surface area contributed by atoms with Crippen molar-refractivity contribution in [2.45, 2.75) is 12.5 Å². The second kappa shape index (κ2) is 10.3. The minimum Gasteiger partial charge on any atom is -0.380 e. The molecule has 0 bridgehead atoms. The van der Waals surface area contributed by atoms with Crippen LogP contribution < -0.4 is 10.2 Å². The van der Waals surface area contributed by atoms with Gasteiger partial charge in [-0.15, -0.1) is 0 Å². The highest BCUT2D eigenvalue weighted by atomic mass is 19.3. The van der Waals surface area contributed by atoms with Gasteiger partial charge in [0.1, 0.15) is 6.61 Å². The standard InChI is InChI=1S/C26H29F2N5O3/c1-35-17-26(27,28)20-4-2-3-18(11-20)13-29-24-14-30-31-23-6-5-21(12-22(23)24)32-7-9-33(10-8-32)25(34)19-15-36-16-19/h2-6,11-12,14,19H,7-10,13,15-17H2,1H3,(H,29,31). The molecule has 0 saturated carbocycles. The van der Waals surface area contributed by atoms with Gasteiger partial charge in [-0.2, -0.15) is 19.0 Å². The van der Waals surface area contributed by atoms with Crippen molar-refractivity contribution in [1.82, 2.24) is 15.1 Å². The summed E-state index contributed by atoms with van der Waals surface area (Å²) < 4.78 is 38.3. The second-order valence-electron chi connectivity index (χ2n) is 9.20. The number of fused-ring (bicyclic) bond motifs is 1. The number of anilines is 2. The summed E-state index contributed by atoms with van der Waals surface area (Å²) in [4.78, 5) is 16.7. The van der Waals surface area contributed by atoms with Gasteiger partial charge in [0.2, 0.25) is 5.91 Å². The van der Waals surface area contributed by atoms with E-state index in [1.54, 1.807) is 18.3 Å². The van der Waals surface area contributed by atoms with Crippen LogP contribution >= 0.6 is 0 Å². The number of alkyl halides is 2. The summed E-state index contributed by atoms with van der Waals surface area (Å²) in [6, 6.07) is 12.3. The first-order chi connectivity index (χ1) is 17.4. The zero-order valence-corrected chi connectivity index (χ0v) is 20.1. The van der Waals surface area contributed by atoms with Crippen LogP contribution in [0, 0.1) is 5.92 Å². The van der Waals surface area contributed by atoms with E-state index in [1.807, 2.05) is 17.0 Å². The molecule has 2 saturated heterocycles. The van der Waals surface area contributed by atoms with E-state index in [4.69, 9.17) is 4.74 Å². The summed E-state index contributed by atoms with van der Waals surface area (Å²) in [6.45, 7) is 3.59. The molecule has 10 heteroatoms. The number of rotatable bonds is 8. The van der Waals surface area contributed by atoms with E-state index < -0.39 is 12.5 Å². The van der Waals surface area contributed by atoms with Crippen molar-refractivity contribution in [3.63, 3.8) is 0 Å². The fourth-order valence-corrected chi connectivity index (χ4v) is 4.58. The Labute approximate surface area is 208 Å². The third-order valence-electron chi connectivity index (χ3n) is 6.72. The zero-order chi connectivity index (χ0) is 25.1. The van der Waals surface area contributed by atoms with Crippen LogP contribution in [0.25, 0.3) is 10.9 Å². The number of carbonyl (C=O) groups excluding carboxylic acids is 1. The number of halogens is 2. The highest BCUT2D eigenvalue weighted by molar-refractivity contribution is 5.93. The van der Waals surface area contributed by atoms with Crippen molar-refractivity contribution < 1.29 is 23.0 Å². The van der Waals surface area contributed by atoms with Gasteiger partial charge in [-0.25, -0.2) is 0 Å². The monoisotopic (exact) mass is 497 g/mol. The van der Waals surface area contributed by atoms with Crippen LogP contribution in [0.5, 0.6) is 0 Å². The minimum atomic E-state index is -3.05. The number of nitrogens with one attached hydrogen (secondary N) is 1. The Kier molecular flexibility index (Phi) is 6.97. The lowest BCUT2D eigenvalue weighted by molar-refractivity contribution is -0.150. The lowest BCUT2D eigenvalue weighted by Crippen LogP contribution is -2.53. The number of carbonyl (C=O) groups is 1. The van der Waals surface area contributed by atoms with Gasteiger partial charge < -0.3 is 24.6 Å². The molecule has 3 aromatic rings. The molecule has 5 rings (SSSR count). The molecular formula is C26H29F2N5O3. The third kappa shape index (κ3) is 5.10. The van der Waals surface area contributed by atoms with E-state index >= 15 is 0 Å². The molecule has 2 fully saturated rings. The number of piperazine rings is 1. The topological polar surface area (TPSA) is 79.8 Å². The summed E-state index contributed by atoms with van der Waals surface area (Å²) in [5, 5.41) is 12.6. The molecule has 2 aromatic carbocycles. The molecule has 0 spiro atoms. The Morgan fingerprint density at radius 2 is 1.97 bits per heavy atom. The first-order valence-electron chi connectivity index (χ1n) is 12.0. The molecule has 1 N–H and O–H groups in total. The van der Waals surface area contributed by atoms with Crippen molar-refractivity contribution in [2.75, 3.05) is 63.3 Å². The highest BCUT2D eigenvalue weighted by Crippen LogP contribution is 2.30. The first kappa shape index (κ1) is 24.3. The molecule has 0 radical (unpaired) electrons. The Hall–Kier alpha value is -3.37. The minimum absolute atomic E-state index is 0.0105. The van der Waals surface area contributed by atoms with Gasteiger partial charge >= 0.3 is 0 Å². The largest absolute Gasteiger partial charge is 0.380 e. The van der Waals surface area contributed by atoms with Crippen LogP contribution in [0.15, 0.2) is 48.7 Å². The summed E-state index contributed by atoms with van der Waals surface area (Å²) >= 11 is 0. The van der Waals surface area contributed by atoms with Crippen molar-refractivity contribution >= 4 is 28.2 Å². The molecule has 36 heavy (non-hydrogen) atoms. The summed E-state index contributed by atoms with van der Waals surface area (Å²) in [5.41, 5.74) is 3.20. The van der Waals surface area contributed by atoms with Crippen LogP contribution in [0.3, 0.4) is 0 Å². The van der Waals surface area contributed by atoms with Crippen molar-refractivity contribution in [3.8, 4) is 0 Å². The average molecular weight is 498 g/mol. The number of amides is 1. The number of benzene rings is 2. The fourth-order valence-electron chi connectivity index (χ4n) is 4.58.